The summed E-state index contributed by atoms with van der Waals surface area (Å²) in [7, 11) is 0. The first kappa shape index (κ1) is 15.5. The van der Waals surface area contributed by atoms with E-state index in [0.717, 1.165) is 31.0 Å². The van der Waals surface area contributed by atoms with E-state index in [1.807, 2.05) is 29.9 Å². The Bertz CT molecular complexity index is 553. The lowest BCUT2D eigenvalue weighted by Gasteiger charge is -2.19. The van der Waals surface area contributed by atoms with Crippen molar-refractivity contribution in [2.75, 3.05) is 13.2 Å². The third-order valence-corrected chi connectivity index (χ3v) is 3.29. The van der Waals surface area contributed by atoms with Gasteiger partial charge in [-0.1, -0.05) is 31.2 Å². The average molecular weight is 288 g/mol. The highest BCUT2D eigenvalue weighted by atomic mass is 16.5. The highest BCUT2D eigenvalue weighted by Crippen LogP contribution is 2.25. The van der Waals surface area contributed by atoms with Gasteiger partial charge < -0.3 is 10.1 Å². The first-order valence-corrected chi connectivity index (χ1v) is 7.64. The minimum absolute atomic E-state index is 0.0805. The number of nitrogens with zero attached hydrogens (tertiary/aromatic N) is 3. The summed E-state index contributed by atoms with van der Waals surface area (Å²) in [6.45, 7) is 8.67. The summed E-state index contributed by atoms with van der Waals surface area (Å²) in [5.74, 6) is 0.896. The van der Waals surface area contributed by atoms with Crippen LogP contribution < -0.4 is 10.1 Å². The molecule has 0 saturated carbocycles. The summed E-state index contributed by atoms with van der Waals surface area (Å²) in [6.07, 6.45) is 2.88. The molecule has 2 rings (SSSR count). The van der Waals surface area contributed by atoms with Crippen LogP contribution in [0.3, 0.4) is 0 Å². The van der Waals surface area contributed by atoms with E-state index in [1.54, 1.807) is 0 Å². The van der Waals surface area contributed by atoms with Gasteiger partial charge in [0.25, 0.3) is 0 Å². The zero-order valence-electron chi connectivity index (χ0n) is 13.0. The molecular weight excluding hydrogens is 264 g/mol. The second-order valence-electron chi connectivity index (χ2n) is 4.88. The molecule has 5 heteroatoms. The molecule has 1 heterocycles. The molecule has 1 atom stereocenters. The van der Waals surface area contributed by atoms with E-state index in [-0.39, 0.29) is 6.04 Å². The first-order chi connectivity index (χ1) is 10.3. The van der Waals surface area contributed by atoms with E-state index in [4.69, 9.17) is 4.74 Å². The van der Waals surface area contributed by atoms with Gasteiger partial charge in [0.15, 0.2) is 0 Å². The minimum Gasteiger partial charge on any atom is -0.494 e. The van der Waals surface area contributed by atoms with E-state index in [2.05, 4.69) is 41.6 Å². The van der Waals surface area contributed by atoms with Gasteiger partial charge in [-0.25, -0.2) is 4.68 Å². The van der Waals surface area contributed by atoms with Crippen molar-refractivity contribution in [3.63, 3.8) is 0 Å². The van der Waals surface area contributed by atoms with Crippen molar-refractivity contribution < 1.29 is 4.74 Å². The Labute approximate surface area is 126 Å². The van der Waals surface area contributed by atoms with Crippen LogP contribution in [0.15, 0.2) is 30.5 Å². The van der Waals surface area contributed by atoms with Gasteiger partial charge in [-0.15, -0.1) is 5.10 Å². The standard InChI is InChI=1S/C16H24N4O/c1-4-10-20-15(12-18-19-20)16(17-5-2)13-8-7-9-14(11-13)21-6-3/h7-9,11-12,16-17H,4-6,10H2,1-3H3. The molecule has 0 aliphatic carbocycles. The van der Waals surface area contributed by atoms with Crippen molar-refractivity contribution in [1.82, 2.24) is 20.3 Å². The van der Waals surface area contributed by atoms with Gasteiger partial charge in [0.1, 0.15) is 5.75 Å². The van der Waals surface area contributed by atoms with Crippen LogP contribution in [0.4, 0.5) is 0 Å². The number of aryl methyl sites for hydroxylation is 1. The molecule has 1 unspecified atom stereocenters. The number of aromatic nitrogens is 3. The Hall–Kier alpha value is -1.88. The predicted octanol–water partition coefficient (Wildman–Crippen LogP) is 2.79. The first-order valence-electron chi connectivity index (χ1n) is 7.64. The SMILES string of the molecule is CCCn1nncc1C(NCC)c1cccc(OCC)c1. The second-order valence-corrected chi connectivity index (χ2v) is 4.88. The van der Waals surface area contributed by atoms with Crippen molar-refractivity contribution in [2.45, 2.75) is 39.8 Å². The van der Waals surface area contributed by atoms with E-state index < -0.39 is 0 Å². The van der Waals surface area contributed by atoms with Gasteiger partial charge in [-0.3, -0.25) is 0 Å². The second kappa shape index (κ2) is 7.78. The lowest BCUT2D eigenvalue weighted by molar-refractivity contribution is 0.339. The van der Waals surface area contributed by atoms with Crippen LogP contribution in [-0.4, -0.2) is 28.1 Å². The Morgan fingerprint density at radius 2 is 2.14 bits per heavy atom. The van der Waals surface area contributed by atoms with E-state index in [9.17, 15) is 0 Å². The maximum absolute atomic E-state index is 5.60. The molecule has 1 N–H and O–H groups in total. The molecular formula is C16H24N4O. The molecule has 1 aromatic carbocycles. The van der Waals surface area contributed by atoms with Crippen molar-refractivity contribution in [1.29, 1.82) is 0 Å². The number of benzene rings is 1. The highest BCUT2D eigenvalue weighted by Gasteiger charge is 2.18. The van der Waals surface area contributed by atoms with Gasteiger partial charge in [0.2, 0.25) is 0 Å². The summed E-state index contributed by atoms with van der Waals surface area (Å²) in [4.78, 5) is 0. The molecule has 0 saturated heterocycles. The topological polar surface area (TPSA) is 52.0 Å². The van der Waals surface area contributed by atoms with Crippen LogP contribution in [0, 0.1) is 0 Å². The maximum Gasteiger partial charge on any atom is 0.119 e. The molecule has 2 aromatic rings. The Balaban J connectivity index is 2.33. The summed E-state index contributed by atoms with van der Waals surface area (Å²) in [5.41, 5.74) is 2.26. The number of hydrogen-bond acceptors (Lipinski definition) is 4. The molecule has 0 aliphatic heterocycles. The summed E-state index contributed by atoms with van der Waals surface area (Å²) in [6, 6.07) is 8.28. The molecule has 0 fully saturated rings. The normalized spacial score (nSPS) is 12.3. The summed E-state index contributed by atoms with van der Waals surface area (Å²) < 4.78 is 7.58. The minimum atomic E-state index is 0.0805. The quantitative estimate of drug-likeness (QED) is 0.811. The summed E-state index contributed by atoms with van der Waals surface area (Å²) >= 11 is 0. The van der Waals surface area contributed by atoms with Crippen molar-refractivity contribution in [3.8, 4) is 5.75 Å². The fraction of sp³-hybridized carbons (Fsp3) is 0.500. The molecule has 5 nitrogen and oxygen atoms in total. The number of rotatable bonds is 8. The fourth-order valence-corrected chi connectivity index (χ4v) is 2.42. The lowest BCUT2D eigenvalue weighted by Crippen LogP contribution is -2.25. The number of nitrogens with one attached hydrogen (secondary N) is 1. The van der Waals surface area contributed by atoms with Crippen LogP contribution >= 0.6 is 0 Å². The van der Waals surface area contributed by atoms with Crippen molar-refractivity contribution in [3.05, 3.63) is 41.7 Å². The largest absolute Gasteiger partial charge is 0.494 e. The average Bonchev–Trinajstić information content (AvgIpc) is 2.94. The van der Waals surface area contributed by atoms with Crippen molar-refractivity contribution >= 4 is 0 Å². The zero-order valence-corrected chi connectivity index (χ0v) is 13.0. The number of ether oxygens (including phenoxy) is 1. The van der Waals surface area contributed by atoms with Crippen LogP contribution in [-0.2, 0) is 6.54 Å². The Morgan fingerprint density at radius 3 is 2.86 bits per heavy atom. The van der Waals surface area contributed by atoms with Crippen LogP contribution in [0.2, 0.25) is 0 Å². The summed E-state index contributed by atoms with van der Waals surface area (Å²) in [5, 5.41) is 11.8. The molecule has 0 radical (unpaired) electrons. The fourth-order valence-electron chi connectivity index (χ4n) is 2.42. The molecule has 114 valence electrons. The lowest BCUT2D eigenvalue weighted by atomic mass is 10.0. The molecule has 1 aromatic heterocycles. The molecule has 21 heavy (non-hydrogen) atoms. The predicted molar refractivity (Wildman–Crippen MR) is 83.4 cm³/mol. The monoisotopic (exact) mass is 288 g/mol. The van der Waals surface area contributed by atoms with Gasteiger partial charge in [0.05, 0.1) is 24.5 Å². The molecule has 0 aliphatic rings. The van der Waals surface area contributed by atoms with E-state index >= 15 is 0 Å². The van der Waals surface area contributed by atoms with Crippen LogP contribution in [0.5, 0.6) is 5.75 Å². The third kappa shape index (κ3) is 3.82. The van der Waals surface area contributed by atoms with E-state index in [0.29, 0.717) is 6.61 Å². The molecule has 0 spiro atoms. The van der Waals surface area contributed by atoms with Gasteiger partial charge >= 0.3 is 0 Å². The van der Waals surface area contributed by atoms with Crippen LogP contribution in [0.1, 0.15) is 44.5 Å². The van der Waals surface area contributed by atoms with E-state index in [1.165, 1.54) is 5.56 Å². The zero-order chi connectivity index (χ0) is 15.1. The molecule has 0 amide bonds. The van der Waals surface area contributed by atoms with Gasteiger partial charge in [-0.2, -0.15) is 0 Å². The van der Waals surface area contributed by atoms with Crippen molar-refractivity contribution in [2.24, 2.45) is 0 Å². The Morgan fingerprint density at radius 1 is 1.29 bits per heavy atom. The number of hydrogen-bond donors (Lipinski definition) is 1. The molecule has 0 bridgehead atoms. The highest BCUT2D eigenvalue weighted by molar-refractivity contribution is 5.34. The van der Waals surface area contributed by atoms with Gasteiger partial charge in [0, 0.05) is 6.54 Å². The third-order valence-electron chi connectivity index (χ3n) is 3.29. The van der Waals surface area contributed by atoms with Gasteiger partial charge in [-0.05, 0) is 37.6 Å². The maximum atomic E-state index is 5.60. The smallest absolute Gasteiger partial charge is 0.119 e. The Kier molecular flexibility index (Phi) is 5.75. The van der Waals surface area contributed by atoms with Crippen LogP contribution in [0.25, 0.3) is 0 Å².